The third kappa shape index (κ3) is 5.21. The van der Waals surface area contributed by atoms with Crippen LogP contribution in [0.4, 0.5) is 0 Å². The molecule has 0 radical (unpaired) electrons. The smallest absolute Gasteiger partial charge is 0.258 e. The molecule has 3 aromatic carbocycles. The number of carbonyl (C=O) groups excluding carboxylic acids is 2. The lowest BCUT2D eigenvalue weighted by Gasteiger charge is -2.26. The number of methoxy groups -OCH3 is 2. The monoisotopic (exact) mass is 552 g/mol. The van der Waals surface area contributed by atoms with E-state index in [1.807, 2.05) is 24.3 Å². The number of likely N-dealkylation sites (N-methyl/N-ethyl adjacent to an activating group) is 1. The van der Waals surface area contributed by atoms with Crippen LogP contribution in [0, 0.1) is 0 Å². The molecule has 0 aliphatic carbocycles. The fourth-order valence-corrected chi connectivity index (χ4v) is 4.90. The van der Waals surface area contributed by atoms with Gasteiger partial charge in [0, 0.05) is 36.7 Å². The van der Waals surface area contributed by atoms with Crippen LogP contribution in [-0.4, -0.2) is 44.5 Å². The molecule has 33 heavy (non-hydrogen) atoms. The normalized spacial score (nSPS) is 11.8. The highest BCUT2D eigenvalue weighted by Gasteiger charge is 2.28. The highest BCUT2D eigenvalue weighted by molar-refractivity contribution is 9.10. The summed E-state index contributed by atoms with van der Waals surface area (Å²) in [6.45, 7) is 0.223. The molecular formula is C24H23BrCl2N2O4. The second-order valence-electron chi connectivity index (χ2n) is 7.53. The topological polar surface area (TPSA) is 81.9 Å². The number of halogens is 3. The summed E-state index contributed by atoms with van der Waals surface area (Å²) in [7, 11) is 4.72. The van der Waals surface area contributed by atoms with Gasteiger partial charge in [-0.25, -0.2) is 0 Å². The molecule has 0 saturated heterocycles. The SMILES string of the molecule is COc1c(Br)c(OC)c2ccccc2c1C(=O)N(C)CC(CC(N)=O)c1ccc(Cl)c(Cl)c1. The average Bonchev–Trinajstić information content (AvgIpc) is 2.78. The van der Waals surface area contributed by atoms with Crippen molar-refractivity contribution in [2.75, 3.05) is 27.8 Å². The van der Waals surface area contributed by atoms with E-state index in [-0.39, 0.29) is 24.8 Å². The third-order valence-electron chi connectivity index (χ3n) is 5.39. The molecule has 0 aliphatic heterocycles. The van der Waals surface area contributed by atoms with Crippen molar-refractivity contribution < 1.29 is 19.1 Å². The summed E-state index contributed by atoms with van der Waals surface area (Å²) in [5, 5.41) is 2.22. The molecule has 0 aromatic heterocycles. The van der Waals surface area contributed by atoms with E-state index >= 15 is 0 Å². The van der Waals surface area contributed by atoms with Crippen LogP contribution in [0.5, 0.6) is 11.5 Å². The second kappa shape index (κ2) is 10.6. The number of benzene rings is 3. The molecule has 3 aromatic rings. The van der Waals surface area contributed by atoms with Gasteiger partial charge in [-0.15, -0.1) is 0 Å². The lowest BCUT2D eigenvalue weighted by Crippen LogP contribution is -2.33. The summed E-state index contributed by atoms with van der Waals surface area (Å²) < 4.78 is 11.7. The van der Waals surface area contributed by atoms with Gasteiger partial charge in [-0.1, -0.05) is 53.5 Å². The van der Waals surface area contributed by atoms with Gasteiger partial charge < -0.3 is 20.1 Å². The van der Waals surface area contributed by atoms with Crippen LogP contribution in [0.2, 0.25) is 10.0 Å². The van der Waals surface area contributed by atoms with Gasteiger partial charge in [0.15, 0.2) is 0 Å². The maximum Gasteiger partial charge on any atom is 0.258 e. The minimum Gasteiger partial charge on any atom is -0.495 e. The molecule has 1 unspecified atom stereocenters. The largest absolute Gasteiger partial charge is 0.495 e. The molecule has 0 heterocycles. The summed E-state index contributed by atoms with van der Waals surface area (Å²) in [6, 6.07) is 12.6. The predicted molar refractivity (Wildman–Crippen MR) is 135 cm³/mol. The first-order chi connectivity index (χ1) is 15.7. The highest BCUT2D eigenvalue weighted by atomic mass is 79.9. The molecule has 0 spiro atoms. The van der Waals surface area contributed by atoms with E-state index in [1.165, 1.54) is 7.11 Å². The molecule has 0 fully saturated rings. The molecule has 2 N–H and O–H groups in total. The number of carbonyl (C=O) groups is 2. The van der Waals surface area contributed by atoms with Crippen LogP contribution in [0.1, 0.15) is 28.3 Å². The zero-order chi connectivity index (χ0) is 24.3. The van der Waals surface area contributed by atoms with Gasteiger partial charge >= 0.3 is 0 Å². The van der Waals surface area contributed by atoms with Gasteiger partial charge in [-0.05, 0) is 33.6 Å². The van der Waals surface area contributed by atoms with Gasteiger partial charge in [0.2, 0.25) is 5.91 Å². The Balaban J connectivity index is 2.05. The number of primary amides is 1. The van der Waals surface area contributed by atoms with Gasteiger partial charge in [0.05, 0.1) is 29.8 Å². The molecule has 1 atom stereocenters. The maximum atomic E-state index is 13.7. The standard InChI is InChI=1S/C24H23BrCl2N2O4/c1-29(12-14(11-19(28)30)13-8-9-17(26)18(27)10-13)24(31)20-15-6-4-5-7-16(15)22(32-2)21(25)23(20)33-3/h4-10,14H,11-12H2,1-3H3,(H2,28,30). The van der Waals surface area contributed by atoms with E-state index in [0.717, 1.165) is 10.9 Å². The van der Waals surface area contributed by atoms with Crippen molar-refractivity contribution in [3.63, 3.8) is 0 Å². The summed E-state index contributed by atoms with van der Waals surface area (Å²) >= 11 is 15.7. The summed E-state index contributed by atoms with van der Waals surface area (Å²) in [6.07, 6.45) is 0.0414. The number of nitrogens with two attached hydrogens (primary N) is 1. The molecular weight excluding hydrogens is 531 g/mol. The highest BCUT2D eigenvalue weighted by Crippen LogP contribution is 2.44. The average molecular weight is 554 g/mol. The Morgan fingerprint density at radius 2 is 1.67 bits per heavy atom. The molecule has 3 rings (SSSR count). The van der Waals surface area contributed by atoms with Crippen LogP contribution in [-0.2, 0) is 4.79 Å². The molecule has 2 amide bonds. The predicted octanol–water partition coefficient (Wildman–Crippen LogP) is 5.66. The number of fused-ring (bicyclic) bond motifs is 1. The van der Waals surface area contributed by atoms with E-state index in [9.17, 15) is 9.59 Å². The van der Waals surface area contributed by atoms with E-state index in [0.29, 0.717) is 37.0 Å². The molecule has 174 valence electrons. The Bertz CT molecular complexity index is 1220. The lowest BCUT2D eigenvalue weighted by atomic mass is 9.94. The Hall–Kier alpha value is -2.48. The Labute approximate surface area is 210 Å². The first-order valence-electron chi connectivity index (χ1n) is 10.00. The second-order valence-corrected chi connectivity index (χ2v) is 9.14. The summed E-state index contributed by atoms with van der Waals surface area (Å²) in [4.78, 5) is 27.0. The minimum atomic E-state index is -0.484. The van der Waals surface area contributed by atoms with E-state index < -0.39 is 5.91 Å². The number of nitrogens with zero attached hydrogens (tertiary/aromatic N) is 1. The molecule has 9 heteroatoms. The summed E-state index contributed by atoms with van der Waals surface area (Å²) in [5.41, 5.74) is 6.64. The van der Waals surface area contributed by atoms with Gasteiger partial charge in [0.1, 0.15) is 16.0 Å². The number of ether oxygens (including phenoxy) is 2. The first-order valence-corrected chi connectivity index (χ1v) is 11.5. The van der Waals surface area contributed by atoms with Crippen molar-refractivity contribution >= 4 is 61.7 Å². The summed E-state index contributed by atoms with van der Waals surface area (Å²) in [5.74, 6) is -0.194. The number of hydrogen-bond donors (Lipinski definition) is 1. The van der Waals surface area contributed by atoms with Crippen molar-refractivity contribution in [1.82, 2.24) is 4.90 Å². The zero-order valence-electron chi connectivity index (χ0n) is 18.3. The van der Waals surface area contributed by atoms with Crippen molar-refractivity contribution in [3.05, 3.63) is 68.1 Å². The Kier molecular flexibility index (Phi) is 8.10. The fourth-order valence-electron chi connectivity index (χ4n) is 3.86. The molecule has 0 aliphatic rings. The van der Waals surface area contributed by atoms with Crippen LogP contribution in [0.15, 0.2) is 46.9 Å². The van der Waals surface area contributed by atoms with E-state index in [2.05, 4.69) is 15.9 Å². The van der Waals surface area contributed by atoms with Crippen LogP contribution in [0.3, 0.4) is 0 Å². The molecule has 6 nitrogen and oxygen atoms in total. The van der Waals surface area contributed by atoms with E-state index in [1.54, 1.807) is 37.3 Å². The van der Waals surface area contributed by atoms with Crippen molar-refractivity contribution in [2.45, 2.75) is 12.3 Å². The number of hydrogen-bond acceptors (Lipinski definition) is 4. The Morgan fingerprint density at radius 3 is 2.24 bits per heavy atom. The quantitative estimate of drug-likeness (QED) is 0.390. The van der Waals surface area contributed by atoms with Gasteiger partial charge in [0.25, 0.3) is 5.91 Å². The van der Waals surface area contributed by atoms with Crippen molar-refractivity contribution in [1.29, 1.82) is 0 Å². The van der Waals surface area contributed by atoms with Crippen LogP contribution >= 0.6 is 39.1 Å². The maximum absolute atomic E-state index is 13.7. The van der Waals surface area contributed by atoms with Gasteiger partial charge in [-0.3, -0.25) is 9.59 Å². The fraction of sp³-hybridized carbons (Fsp3) is 0.250. The molecule has 0 bridgehead atoms. The lowest BCUT2D eigenvalue weighted by molar-refractivity contribution is -0.118. The first kappa shape index (κ1) is 25.1. The van der Waals surface area contributed by atoms with Crippen molar-refractivity contribution in [3.8, 4) is 11.5 Å². The van der Waals surface area contributed by atoms with Gasteiger partial charge in [-0.2, -0.15) is 0 Å². The minimum absolute atomic E-state index is 0.0414. The third-order valence-corrected chi connectivity index (χ3v) is 6.85. The van der Waals surface area contributed by atoms with E-state index in [4.69, 9.17) is 38.4 Å². The number of rotatable bonds is 8. The number of amides is 2. The molecule has 0 saturated carbocycles. The van der Waals surface area contributed by atoms with Crippen LogP contribution in [0.25, 0.3) is 10.8 Å². The zero-order valence-corrected chi connectivity index (χ0v) is 21.4. The van der Waals surface area contributed by atoms with Crippen molar-refractivity contribution in [2.24, 2.45) is 5.73 Å². The Morgan fingerprint density at radius 1 is 1.03 bits per heavy atom. The van der Waals surface area contributed by atoms with Crippen LogP contribution < -0.4 is 15.2 Å².